The van der Waals surface area contributed by atoms with E-state index in [0.29, 0.717) is 50.9 Å². The van der Waals surface area contributed by atoms with Crippen LogP contribution in [0, 0.1) is 0 Å². The number of rotatable bonds is 6. The molecule has 0 unspecified atom stereocenters. The summed E-state index contributed by atoms with van der Waals surface area (Å²) in [7, 11) is 4.29. The van der Waals surface area contributed by atoms with E-state index >= 15 is 0 Å². The van der Waals surface area contributed by atoms with E-state index < -0.39 is 5.97 Å². The minimum absolute atomic E-state index is 0.0262. The molecule has 0 spiro atoms. The number of aromatic nitrogens is 1. The van der Waals surface area contributed by atoms with Gasteiger partial charge in [0.1, 0.15) is 0 Å². The van der Waals surface area contributed by atoms with Gasteiger partial charge in [-0.15, -0.1) is 0 Å². The second-order valence-corrected chi connectivity index (χ2v) is 6.06. The van der Waals surface area contributed by atoms with Crippen LogP contribution in [0.1, 0.15) is 15.9 Å². The van der Waals surface area contributed by atoms with Crippen molar-refractivity contribution in [3.63, 3.8) is 0 Å². The molecule has 28 heavy (non-hydrogen) atoms. The third kappa shape index (κ3) is 3.46. The molecule has 7 heteroatoms. The average Bonchev–Trinajstić information content (AvgIpc) is 2.72. The van der Waals surface area contributed by atoms with Gasteiger partial charge in [-0.25, -0.2) is 0 Å². The van der Waals surface area contributed by atoms with Gasteiger partial charge in [0.25, 0.3) is 5.56 Å². The first-order chi connectivity index (χ1) is 13.5. The van der Waals surface area contributed by atoms with Crippen LogP contribution >= 0.6 is 0 Å². The highest BCUT2D eigenvalue weighted by atomic mass is 16.5. The summed E-state index contributed by atoms with van der Waals surface area (Å²) in [5.74, 6) is 0.447. The molecule has 3 aromatic rings. The Hall–Kier alpha value is -3.61. The maximum Gasteiger partial charge on any atom is 0.310 e. The standard InChI is InChI=1S/C21H19NO6/c1-26-18-7-13(8-20(24)28-3)16(10-19(18)27-2)17-9-15-12(11-23)5-4-6-14(15)21(25)22-17/h4-7,9-11H,8H2,1-3H3,(H,22,25). The number of fused-ring (bicyclic) bond motifs is 1. The molecule has 0 amide bonds. The number of pyridine rings is 1. The number of hydrogen-bond donors (Lipinski definition) is 1. The molecule has 7 nitrogen and oxygen atoms in total. The highest BCUT2D eigenvalue weighted by molar-refractivity contribution is 5.99. The van der Waals surface area contributed by atoms with Crippen LogP contribution in [-0.4, -0.2) is 38.6 Å². The molecule has 0 radical (unpaired) electrons. The van der Waals surface area contributed by atoms with Crippen molar-refractivity contribution in [2.45, 2.75) is 6.42 Å². The van der Waals surface area contributed by atoms with E-state index in [4.69, 9.17) is 14.2 Å². The smallest absolute Gasteiger partial charge is 0.310 e. The number of hydrogen-bond acceptors (Lipinski definition) is 6. The molecule has 0 atom stereocenters. The minimum Gasteiger partial charge on any atom is -0.493 e. The Morgan fingerprint density at radius 3 is 2.39 bits per heavy atom. The average molecular weight is 381 g/mol. The summed E-state index contributed by atoms with van der Waals surface area (Å²) in [6.45, 7) is 0. The van der Waals surface area contributed by atoms with Crippen LogP contribution in [0.3, 0.4) is 0 Å². The van der Waals surface area contributed by atoms with Gasteiger partial charge >= 0.3 is 5.97 Å². The van der Waals surface area contributed by atoms with E-state index in [1.54, 1.807) is 36.4 Å². The van der Waals surface area contributed by atoms with E-state index in [1.807, 2.05) is 0 Å². The minimum atomic E-state index is -0.440. The molecule has 0 fully saturated rings. The fourth-order valence-electron chi connectivity index (χ4n) is 3.11. The highest BCUT2D eigenvalue weighted by Gasteiger charge is 2.17. The van der Waals surface area contributed by atoms with Crippen molar-refractivity contribution in [3.05, 3.63) is 57.9 Å². The van der Waals surface area contributed by atoms with Crippen molar-refractivity contribution in [1.29, 1.82) is 0 Å². The fourth-order valence-corrected chi connectivity index (χ4v) is 3.11. The van der Waals surface area contributed by atoms with Crippen LogP contribution in [0.15, 0.2) is 41.2 Å². The lowest BCUT2D eigenvalue weighted by molar-refractivity contribution is -0.139. The lowest BCUT2D eigenvalue weighted by Crippen LogP contribution is -2.11. The van der Waals surface area contributed by atoms with Gasteiger partial charge < -0.3 is 19.2 Å². The number of carbonyl (C=O) groups excluding carboxylic acids is 2. The summed E-state index contributed by atoms with van der Waals surface area (Å²) in [5.41, 5.74) is 1.67. The number of H-pyrrole nitrogens is 1. The van der Waals surface area contributed by atoms with Crippen LogP contribution in [0.25, 0.3) is 22.0 Å². The summed E-state index contributed by atoms with van der Waals surface area (Å²) in [6.07, 6.45) is 0.678. The molecule has 0 aliphatic heterocycles. The molecular weight excluding hydrogens is 362 g/mol. The Labute approximate surface area is 160 Å². The Bertz CT molecular complexity index is 1120. The van der Waals surface area contributed by atoms with Gasteiger partial charge in [-0.2, -0.15) is 0 Å². The number of esters is 1. The van der Waals surface area contributed by atoms with Crippen LogP contribution in [-0.2, 0) is 16.0 Å². The lowest BCUT2D eigenvalue weighted by Gasteiger charge is -2.15. The molecule has 0 bridgehead atoms. The molecule has 0 aliphatic rings. The Balaban J connectivity index is 2.31. The predicted molar refractivity (Wildman–Crippen MR) is 104 cm³/mol. The Kier molecular flexibility index (Phi) is 5.44. The molecule has 1 heterocycles. The topological polar surface area (TPSA) is 94.7 Å². The van der Waals surface area contributed by atoms with Crippen molar-refractivity contribution < 1.29 is 23.8 Å². The molecule has 0 aliphatic carbocycles. The number of methoxy groups -OCH3 is 3. The van der Waals surface area contributed by atoms with E-state index in [2.05, 4.69) is 4.98 Å². The monoisotopic (exact) mass is 381 g/mol. The fraction of sp³-hybridized carbons (Fsp3) is 0.190. The molecule has 0 saturated carbocycles. The van der Waals surface area contributed by atoms with Gasteiger partial charge in [0, 0.05) is 22.2 Å². The molecule has 2 aromatic carbocycles. The third-order valence-corrected chi connectivity index (χ3v) is 4.51. The summed E-state index contributed by atoms with van der Waals surface area (Å²) in [5, 5.41) is 0.929. The number of nitrogens with one attached hydrogen (secondary N) is 1. The van der Waals surface area contributed by atoms with Gasteiger partial charge in [-0.05, 0) is 35.2 Å². The van der Waals surface area contributed by atoms with Crippen LogP contribution in [0.4, 0.5) is 0 Å². The number of aromatic amines is 1. The normalized spacial score (nSPS) is 10.5. The lowest BCUT2D eigenvalue weighted by atomic mass is 9.97. The predicted octanol–water partition coefficient (Wildman–Crippen LogP) is 2.74. The quantitative estimate of drug-likeness (QED) is 0.521. The second kappa shape index (κ2) is 7.96. The van der Waals surface area contributed by atoms with E-state index in [-0.39, 0.29) is 12.0 Å². The van der Waals surface area contributed by atoms with Crippen LogP contribution in [0.5, 0.6) is 11.5 Å². The van der Waals surface area contributed by atoms with E-state index in [1.165, 1.54) is 21.3 Å². The van der Waals surface area contributed by atoms with Gasteiger partial charge in [0.05, 0.1) is 27.8 Å². The SMILES string of the molecule is COC(=O)Cc1cc(OC)c(OC)cc1-c1cc2c(C=O)cccc2c(=O)[nH]1. The first-order valence-corrected chi connectivity index (χ1v) is 8.45. The second-order valence-electron chi connectivity index (χ2n) is 6.06. The molecule has 1 N–H and O–H groups in total. The highest BCUT2D eigenvalue weighted by Crippen LogP contribution is 2.36. The third-order valence-electron chi connectivity index (χ3n) is 4.51. The van der Waals surface area contributed by atoms with Gasteiger partial charge in [-0.3, -0.25) is 14.4 Å². The van der Waals surface area contributed by atoms with Crippen molar-refractivity contribution in [1.82, 2.24) is 4.98 Å². The summed E-state index contributed by atoms with van der Waals surface area (Å²) >= 11 is 0. The summed E-state index contributed by atoms with van der Waals surface area (Å²) in [6, 6.07) is 10.00. The van der Waals surface area contributed by atoms with Crippen molar-refractivity contribution in [2.24, 2.45) is 0 Å². The Morgan fingerprint density at radius 1 is 1.04 bits per heavy atom. The summed E-state index contributed by atoms with van der Waals surface area (Å²) < 4.78 is 15.5. The molecule has 144 valence electrons. The maximum atomic E-state index is 12.6. The maximum absolute atomic E-state index is 12.6. The first-order valence-electron chi connectivity index (χ1n) is 8.45. The molecule has 3 rings (SSSR count). The van der Waals surface area contributed by atoms with Crippen LogP contribution < -0.4 is 15.0 Å². The first kappa shape index (κ1) is 19.2. The van der Waals surface area contributed by atoms with Gasteiger partial charge in [0.15, 0.2) is 17.8 Å². The largest absolute Gasteiger partial charge is 0.493 e. The van der Waals surface area contributed by atoms with Gasteiger partial charge in [-0.1, -0.05) is 12.1 Å². The summed E-state index contributed by atoms with van der Waals surface area (Å²) in [4.78, 5) is 38.7. The number of carbonyl (C=O) groups is 2. The van der Waals surface area contributed by atoms with Crippen LogP contribution in [0.2, 0.25) is 0 Å². The zero-order valence-corrected chi connectivity index (χ0v) is 15.7. The molecule has 0 saturated heterocycles. The number of benzene rings is 2. The van der Waals surface area contributed by atoms with Crippen molar-refractivity contribution in [3.8, 4) is 22.8 Å². The molecular formula is C21H19NO6. The zero-order valence-electron chi connectivity index (χ0n) is 15.7. The zero-order chi connectivity index (χ0) is 20.3. The van der Waals surface area contributed by atoms with Gasteiger partial charge in [0.2, 0.25) is 0 Å². The molecule has 1 aromatic heterocycles. The van der Waals surface area contributed by atoms with E-state index in [9.17, 15) is 14.4 Å². The van der Waals surface area contributed by atoms with E-state index in [0.717, 1.165) is 0 Å². The van der Waals surface area contributed by atoms with Crippen molar-refractivity contribution in [2.75, 3.05) is 21.3 Å². The van der Waals surface area contributed by atoms with Crippen molar-refractivity contribution >= 4 is 23.0 Å². The number of ether oxygens (including phenoxy) is 3. The Morgan fingerprint density at radius 2 is 1.75 bits per heavy atom. The number of aldehydes is 1.